The summed E-state index contributed by atoms with van der Waals surface area (Å²) < 4.78 is 44.5. The van der Waals surface area contributed by atoms with E-state index in [2.05, 4.69) is 5.32 Å². The molecule has 2 aliphatic heterocycles. The Labute approximate surface area is 173 Å². The number of esters is 1. The number of fused-ring (bicyclic) bond motifs is 1. The van der Waals surface area contributed by atoms with Gasteiger partial charge in [0.1, 0.15) is 6.04 Å². The second-order valence-electron chi connectivity index (χ2n) is 6.88. The van der Waals surface area contributed by atoms with Crippen LogP contribution in [0.4, 0.5) is 18.9 Å². The number of likely N-dealkylation sites (tertiary alicyclic amines) is 1. The van der Waals surface area contributed by atoms with Crippen LogP contribution in [0.2, 0.25) is 5.02 Å². The van der Waals surface area contributed by atoms with E-state index >= 15 is 0 Å². The lowest BCUT2D eigenvalue weighted by Crippen LogP contribution is -2.43. The quantitative estimate of drug-likeness (QED) is 0.730. The van der Waals surface area contributed by atoms with Gasteiger partial charge in [-0.15, -0.1) is 0 Å². The Morgan fingerprint density at radius 2 is 1.90 bits per heavy atom. The lowest BCUT2D eigenvalue weighted by atomic mass is 10.1. The molecule has 2 atom stereocenters. The van der Waals surface area contributed by atoms with Crippen LogP contribution in [0.5, 0.6) is 0 Å². The molecule has 2 amide bonds. The highest BCUT2D eigenvalue weighted by Crippen LogP contribution is 2.39. The number of hydrogen-bond donors (Lipinski definition) is 1. The fraction of sp³-hybridized carbons (Fsp3) is 0.250. The Kier molecular flexibility index (Phi) is 4.93. The molecule has 30 heavy (non-hydrogen) atoms. The van der Waals surface area contributed by atoms with Crippen LogP contribution in [0.15, 0.2) is 42.5 Å². The molecule has 0 unspecified atom stereocenters. The number of nitrogens with one attached hydrogen (secondary N) is 1. The van der Waals surface area contributed by atoms with Crippen molar-refractivity contribution in [1.29, 1.82) is 0 Å². The molecule has 0 saturated carbocycles. The highest BCUT2D eigenvalue weighted by atomic mass is 35.5. The number of cyclic esters (lactones) is 1. The molecule has 2 aromatic carbocycles. The summed E-state index contributed by atoms with van der Waals surface area (Å²) in [5, 5.41) is 1.91. The maximum atomic E-state index is 13.1. The van der Waals surface area contributed by atoms with Gasteiger partial charge in [0.05, 0.1) is 16.1 Å². The second kappa shape index (κ2) is 7.32. The second-order valence-corrected chi connectivity index (χ2v) is 7.29. The molecule has 10 heteroatoms. The molecule has 2 aliphatic rings. The first-order valence-electron chi connectivity index (χ1n) is 8.95. The Balaban J connectivity index is 1.59. The minimum atomic E-state index is -4.69. The monoisotopic (exact) mass is 438 g/mol. The van der Waals surface area contributed by atoms with E-state index in [1.165, 1.54) is 11.0 Å². The number of halogens is 4. The maximum absolute atomic E-state index is 13.1. The Morgan fingerprint density at radius 1 is 1.17 bits per heavy atom. The molecule has 0 bridgehead atoms. The van der Waals surface area contributed by atoms with Gasteiger partial charge >= 0.3 is 12.1 Å². The summed E-state index contributed by atoms with van der Waals surface area (Å²) in [6.07, 6.45) is -5.56. The summed E-state index contributed by atoms with van der Waals surface area (Å²) in [6.45, 7) is 0. The van der Waals surface area contributed by atoms with E-state index in [9.17, 15) is 27.6 Å². The summed E-state index contributed by atoms with van der Waals surface area (Å²) in [5.74, 6) is -1.68. The minimum Gasteiger partial charge on any atom is -0.433 e. The van der Waals surface area contributed by atoms with E-state index in [-0.39, 0.29) is 18.5 Å². The molecule has 1 fully saturated rings. The molecule has 1 saturated heterocycles. The molecule has 1 N–H and O–H groups in total. The number of amides is 2. The van der Waals surface area contributed by atoms with Gasteiger partial charge in [0.15, 0.2) is 0 Å². The van der Waals surface area contributed by atoms with Crippen molar-refractivity contribution in [2.24, 2.45) is 0 Å². The molecule has 2 heterocycles. The highest BCUT2D eigenvalue weighted by molar-refractivity contribution is 6.31. The van der Waals surface area contributed by atoms with Gasteiger partial charge in [-0.3, -0.25) is 14.5 Å². The van der Waals surface area contributed by atoms with Gasteiger partial charge in [-0.2, -0.15) is 13.2 Å². The molecule has 0 radical (unpaired) electrons. The number of rotatable bonds is 3. The van der Waals surface area contributed by atoms with Crippen molar-refractivity contribution in [2.45, 2.75) is 31.3 Å². The fourth-order valence-corrected chi connectivity index (χ4v) is 3.86. The molecule has 6 nitrogen and oxygen atoms in total. The summed E-state index contributed by atoms with van der Waals surface area (Å²) in [6, 6.07) is 8.50. The van der Waals surface area contributed by atoms with E-state index in [0.29, 0.717) is 11.1 Å². The third-order valence-corrected chi connectivity index (χ3v) is 5.35. The van der Waals surface area contributed by atoms with Crippen LogP contribution in [0, 0.1) is 0 Å². The van der Waals surface area contributed by atoms with E-state index in [4.69, 9.17) is 16.3 Å². The third kappa shape index (κ3) is 3.49. The number of alkyl halides is 3. The van der Waals surface area contributed by atoms with Gasteiger partial charge in [-0.05, 0) is 30.7 Å². The standard InChI is InChI=1S/C20H14ClF3N2O4/c21-14-6-5-10(9-13(14)20(22,23)24)25-17(28)15-7-8-16(27)26(15)18-11-3-1-2-4-12(11)19(29)30-18/h1-6,9,15,18H,7-8H2,(H,25,28)/t15-,18-/m1/s1. The largest absolute Gasteiger partial charge is 0.433 e. The van der Waals surface area contributed by atoms with Crippen molar-refractivity contribution in [3.63, 3.8) is 0 Å². The summed E-state index contributed by atoms with van der Waals surface area (Å²) in [5.41, 5.74) is -0.435. The normalized spacial score (nSPS) is 20.9. The number of benzene rings is 2. The van der Waals surface area contributed by atoms with Gasteiger partial charge in [-0.25, -0.2) is 4.79 Å². The third-order valence-electron chi connectivity index (χ3n) is 5.02. The van der Waals surface area contributed by atoms with Gasteiger partial charge in [0.2, 0.25) is 18.0 Å². The predicted molar refractivity (Wildman–Crippen MR) is 99.6 cm³/mol. The topological polar surface area (TPSA) is 75.7 Å². The van der Waals surface area contributed by atoms with Crippen LogP contribution < -0.4 is 5.32 Å². The average molecular weight is 439 g/mol. The highest BCUT2D eigenvalue weighted by Gasteiger charge is 2.46. The lowest BCUT2D eigenvalue weighted by molar-refractivity contribution is -0.144. The van der Waals surface area contributed by atoms with Crippen LogP contribution in [-0.4, -0.2) is 28.7 Å². The zero-order chi connectivity index (χ0) is 21.6. The zero-order valence-electron chi connectivity index (χ0n) is 15.2. The smallest absolute Gasteiger partial charge is 0.417 e. The average Bonchev–Trinajstić information content (AvgIpc) is 3.22. The fourth-order valence-electron chi connectivity index (χ4n) is 3.63. The zero-order valence-corrected chi connectivity index (χ0v) is 16.0. The first kappa shape index (κ1) is 20.2. The van der Waals surface area contributed by atoms with Gasteiger partial charge in [0.25, 0.3) is 0 Å². The first-order valence-corrected chi connectivity index (χ1v) is 9.33. The van der Waals surface area contributed by atoms with Crippen LogP contribution >= 0.6 is 11.6 Å². The predicted octanol–water partition coefficient (Wildman–Crippen LogP) is 4.16. The van der Waals surface area contributed by atoms with Gasteiger partial charge in [-0.1, -0.05) is 29.8 Å². The molecule has 0 aromatic heterocycles. The summed E-state index contributed by atoms with van der Waals surface area (Å²) in [4.78, 5) is 38.5. The number of anilines is 1. The van der Waals surface area contributed by atoms with Crippen molar-refractivity contribution >= 4 is 35.1 Å². The Hall–Kier alpha value is -3.07. The van der Waals surface area contributed by atoms with Crippen LogP contribution in [-0.2, 0) is 20.5 Å². The molecular formula is C20H14ClF3N2O4. The molecule has 0 spiro atoms. The van der Waals surface area contributed by atoms with E-state index < -0.39 is 46.8 Å². The van der Waals surface area contributed by atoms with Crippen LogP contribution in [0.3, 0.4) is 0 Å². The van der Waals surface area contributed by atoms with E-state index in [0.717, 1.165) is 12.1 Å². The molecule has 0 aliphatic carbocycles. The minimum absolute atomic E-state index is 0.0444. The Bertz CT molecular complexity index is 1060. The maximum Gasteiger partial charge on any atom is 0.417 e. The molecular weight excluding hydrogens is 425 g/mol. The van der Waals surface area contributed by atoms with Crippen molar-refractivity contribution < 1.29 is 32.3 Å². The van der Waals surface area contributed by atoms with E-state index in [1.807, 2.05) is 0 Å². The number of hydrogen-bond acceptors (Lipinski definition) is 4. The van der Waals surface area contributed by atoms with Crippen LogP contribution in [0.25, 0.3) is 0 Å². The van der Waals surface area contributed by atoms with Gasteiger partial charge < -0.3 is 10.1 Å². The van der Waals surface area contributed by atoms with Crippen molar-refractivity contribution in [3.8, 4) is 0 Å². The number of ether oxygens (including phenoxy) is 1. The molecule has 156 valence electrons. The summed E-state index contributed by atoms with van der Waals surface area (Å²) in [7, 11) is 0. The number of carbonyl (C=O) groups is 3. The van der Waals surface area contributed by atoms with E-state index in [1.54, 1.807) is 24.3 Å². The first-order chi connectivity index (χ1) is 14.2. The Morgan fingerprint density at radius 3 is 2.63 bits per heavy atom. The SMILES string of the molecule is O=C1O[C@@H](N2C(=O)CC[C@@H]2C(=O)Nc2ccc(Cl)c(C(F)(F)F)c2)c2ccccc21. The van der Waals surface area contributed by atoms with Gasteiger partial charge in [0, 0.05) is 17.7 Å². The van der Waals surface area contributed by atoms with Crippen molar-refractivity contribution in [3.05, 3.63) is 64.2 Å². The lowest BCUT2D eigenvalue weighted by Gasteiger charge is -2.29. The number of carbonyl (C=O) groups excluding carboxylic acids is 3. The number of nitrogens with zero attached hydrogens (tertiary/aromatic N) is 1. The van der Waals surface area contributed by atoms with Crippen molar-refractivity contribution in [2.75, 3.05) is 5.32 Å². The molecule has 2 aromatic rings. The van der Waals surface area contributed by atoms with Crippen LogP contribution in [0.1, 0.15) is 40.6 Å². The van der Waals surface area contributed by atoms with Crippen molar-refractivity contribution in [1.82, 2.24) is 4.90 Å². The summed E-state index contributed by atoms with van der Waals surface area (Å²) >= 11 is 5.60. The molecule has 4 rings (SSSR count).